The summed E-state index contributed by atoms with van der Waals surface area (Å²) in [7, 11) is -1.27. The summed E-state index contributed by atoms with van der Waals surface area (Å²) in [5.74, 6) is 0.152. The SMILES string of the molecule is CC(C)(C)CC(=O)N(C(=O)OC(C)(C)C)c1sc2c(c1C#N)C1(CC2)CN(c2nc(Cl)nc3c2c(C#N)cn3COCC[Si](C)(C)C)C1. The number of hydrogen-bond donors (Lipinski definition) is 0. The number of nitriles is 2. The van der Waals surface area contributed by atoms with Gasteiger partial charge in [-0.15, -0.1) is 11.3 Å². The molecular weight excluding hydrogens is 666 g/mol. The highest BCUT2D eigenvalue weighted by molar-refractivity contribution is 7.17. The van der Waals surface area contributed by atoms with Crippen molar-refractivity contribution >= 4 is 64.9 Å². The molecule has 0 saturated carbocycles. The molecule has 1 spiro atoms. The zero-order chi connectivity index (χ0) is 35.4. The van der Waals surface area contributed by atoms with Crippen LogP contribution < -0.4 is 9.80 Å². The van der Waals surface area contributed by atoms with Crippen LogP contribution in [0.15, 0.2) is 6.20 Å². The summed E-state index contributed by atoms with van der Waals surface area (Å²) in [4.78, 5) is 40.4. The van der Waals surface area contributed by atoms with E-state index >= 15 is 0 Å². The summed E-state index contributed by atoms with van der Waals surface area (Å²) >= 11 is 7.78. The average Bonchev–Trinajstić information content (AvgIpc) is 3.57. The van der Waals surface area contributed by atoms with Crippen LogP contribution >= 0.6 is 22.9 Å². The van der Waals surface area contributed by atoms with Crippen LogP contribution in [0.2, 0.25) is 31.0 Å². The van der Waals surface area contributed by atoms with Crippen molar-refractivity contribution in [3.05, 3.63) is 33.0 Å². The van der Waals surface area contributed by atoms with Crippen molar-refractivity contribution in [2.45, 2.75) is 104 Å². The second-order valence-corrected chi connectivity index (χ2v) is 23.3. The van der Waals surface area contributed by atoms with E-state index in [-0.39, 0.29) is 29.3 Å². The third-order valence-corrected chi connectivity index (χ3v) is 11.6. The van der Waals surface area contributed by atoms with Crippen LogP contribution in [-0.2, 0) is 32.8 Å². The van der Waals surface area contributed by atoms with Gasteiger partial charge in [-0.05, 0) is 62.2 Å². The fourth-order valence-corrected chi connectivity index (χ4v) is 8.62. The zero-order valence-electron chi connectivity index (χ0n) is 29.3. The van der Waals surface area contributed by atoms with E-state index in [9.17, 15) is 20.1 Å². The number of nitrogens with zero attached hydrogens (tertiary/aromatic N) is 7. The normalized spacial score (nSPS) is 15.6. The summed E-state index contributed by atoms with van der Waals surface area (Å²) in [6.07, 6.45) is 2.57. The lowest BCUT2D eigenvalue weighted by Crippen LogP contribution is -2.59. The van der Waals surface area contributed by atoms with E-state index in [2.05, 4.69) is 46.6 Å². The van der Waals surface area contributed by atoms with Crippen LogP contribution in [0.3, 0.4) is 0 Å². The van der Waals surface area contributed by atoms with Crippen molar-refractivity contribution in [1.29, 1.82) is 10.5 Å². The molecule has 0 unspecified atom stereocenters. The lowest BCUT2D eigenvalue weighted by Gasteiger charge is -2.49. The average molecular weight is 710 g/mol. The number of rotatable bonds is 8. The van der Waals surface area contributed by atoms with Gasteiger partial charge in [0.2, 0.25) is 11.2 Å². The third-order valence-electron chi connectivity index (χ3n) is 8.45. The van der Waals surface area contributed by atoms with Gasteiger partial charge in [0.25, 0.3) is 0 Å². The molecule has 14 heteroatoms. The molecule has 0 radical (unpaired) electrons. The second kappa shape index (κ2) is 12.8. The number of carbonyl (C=O) groups excluding carboxylic acids is 2. The Balaban J connectivity index is 1.47. The number of ether oxygens (including phenoxy) is 2. The van der Waals surface area contributed by atoms with Gasteiger partial charge in [0.05, 0.1) is 16.5 Å². The summed E-state index contributed by atoms with van der Waals surface area (Å²) < 4.78 is 13.4. The van der Waals surface area contributed by atoms with Gasteiger partial charge in [-0.2, -0.15) is 20.5 Å². The Labute approximate surface area is 292 Å². The second-order valence-electron chi connectivity index (χ2n) is 16.3. The molecule has 4 heterocycles. The molecule has 48 heavy (non-hydrogen) atoms. The van der Waals surface area contributed by atoms with Gasteiger partial charge in [-0.3, -0.25) is 4.79 Å². The lowest BCUT2D eigenvalue weighted by molar-refractivity contribution is -0.120. The van der Waals surface area contributed by atoms with Gasteiger partial charge in [0.1, 0.15) is 40.9 Å². The molecule has 2 aliphatic rings. The Kier molecular flexibility index (Phi) is 9.51. The number of fused-ring (bicyclic) bond motifs is 3. The smallest absolute Gasteiger partial charge is 0.422 e. The number of amides is 2. The van der Waals surface area contributed by atoms with Crippen LogP contribution in [-0.4, -0.2) is 59.9 Å². The van der Waals surface area contributed by atoms with E-state index in [0.29, 0.717) is 59.1 Å². The maximum Gasteiger partial charge on any atom is 0.422 e. The molecule has 1 aliphatic carbocycles. The van der Waals surface area contributed by atoms with Gasteiger partial charge in [0.15, 0.2) is 0 Å². The molecule has 0 N–H and O–H groups in total. The number of carbonyl (C=O) groups is 2. The van der Waals surface area contributed by atoms with Gasteiger partial charge >= 0.3 is 6.09 Å². The maximum absolute atomic E-state index is 13.7. The topological polar surface area (TPSA) is 137 Å². The van der Waals surface area contributed by atoms with E-state index in [0.717, 1.165) is 27.8 Å². The number of aromatic nitrogens is 3. The van der Waals surface area contributed by atoms with Crippen molar-refractivity contribution in [1.82, 2.24) is 14.5 Å². The molecule has 0 aromatic carbocycles. The fraction of sp³-hybridized carbons (Fsp3) is 0.588. The molecule has 1 fully saturated rings. The molecule has 0 atom stereocenters. The summed E-state index contributed by atoms with van der Waals surface area (Å²) in [6, 6.07) is 5.66. The molecule has 3 aromatic heterocycles. The molecule has 1 aliphatic heterocycles. The largest absolute Gasteiger partial charge is 0.443 e. The van der Waals surface area contributed by atoms with E-state index in [1.807, 2.05) is 20.8 Å². The van der Waals surface area contributed by atoms with E-state index in [1.165, 1.54) is 11.3 Å². The summed E-state index contributed by atoms with van der Waals surface area (Å²) in [6.45, 7) is 19.8. The fourth-order valence-electron chi connectivity index (χ4n) is 6.32. The minimum Gasteiger partial charge on any atom is -0.443 e. The van der Waals surface area contributed by atoms with Gasteiger partial charge in [-0.1, -0.05) is 40.4 Å². The Morgan fingerprint density at radius 1 is 1.12 bits per heavy atom. The van der Waals surface area contributed by atoms with Crippen molar-refractivity contribution < 1.29 is 19.1 Å². The van der Waals surface area contributed by atoms with Gasteiger partial charge in [0, 0.05) is 50.7 Å². The standard InChI is InChI=1S/C34H44ClN7O4SSi/c1-32(2,3)14-24(43)42(31(44)46-33(4,5)6)29-22(16-37)26-23(47-29)10-11-34(26)18-41(19-34)28-25-21(15-36)17-40(27(25)38-30(35)39-28)20-45-12-13-48(7,8)9/h17H,10-14,18-20H2,1-9H3. The molecule has 0 bridgehead atoms. The predicted molar refractivity (Wildman–Crippen MR) is 190 cm³/mol. The van der Waals surface area contributed by atoms with Crippen LogP contribution in [0, 0.1) is 28.1 Å². The first-order valence-electron chi connectivity index (χ1n) is 16.2. The van der Waals surface area contributed by atoms with Crippen LogP contribution in [0.1, 0.15) is 76.0 Å². The van der Waals surface area contributed by atoms with Gasteiger partial charge < -0.3 is 18.9 Å². The molecule has 3 aromatic rings. The quantitative estimate of drug-likeness (QED) is 0.131. The minimum atomic E-state index is -1.27. The minimum absolute atomic E-state index is 0.0670. The Hall–Kier alpha value is -3.49. The highest BCUT2D eigenvalue weighted by Gasteiger charge is 2.53. The number of imide groups is 1. The Morgan fingerprint density at radius 2 is 1.81 bits per heavy atom. The number of aryl methyl sites for hydroxylation is 1. The lowest BCUT2D eigenvalue weighted by atomic mass is 9.74. The van der Waals surface area contributed by atoms with Crippen LogP contribution in [0.5, 0.6) is 0 Å². The first kappa shape index (κ1) is 35.8. The summed E-state index contributed by atoms with van der Waals surface area (Å²) in [5.41, 5.74) is 0.578. The van der Waals surface area contributed by atoms with E-state index < -0.39 is 25.7 Å². The van der Waals surface area contributed by atoms with Crippen molar-refractivity contribution in [3.63, 3.8) is 0 Å². The number of thiophene rings is 1. The molecule has 256 valence electrons. The maximum atomic E-state index is 13.7. The molecule has 2 amide bonds. The Bertz CT molecular complexity index is 1820. The molecule has 11 nitrogen and oxygen atoms in total. The van der Waals surface area contributed by atoms with Gasteiger partial charge in [-0.25, -0.2) is 9.69 Å². The molecule has 5 rings (SSSR count). The number of anilines is 2. The van der Waals surface area contributed by atoms with Crippen molar-refractivity contribution in [2.75, 3.05) is 29.5 Å². The highest BCUT2D eigenvalue weighted by Crippen LogP contribution is 2.54. The molecule has 1 saturated heterocycles. The zero-order valence-corrected chi connectivity index (χ0v) is 31.9. The molecular formula is C34H44ClN7O4SSi. The van der Waals surface area contributed by atoms with Crippen LogP contribution in [0.4, 0.5) is 15.6 Å². The van der Waals surface area contributed by atoms with E-state index in [1.54, 1.807) is 31.5 Å². The van der Waals surface area contributed by atoms with Crippen molar-refractivity contribution in [2.24, 2.45) is 5.41 Å². The number of halogens is 1. The number of hydrogen-bond acceptors (Lipinski definition) is 10. The highest BCUT2D eigenvalue weighted by atomic mass is 35.5. The first-order valence-corrected chi connectivity index (χ1v) is 21.1. The third kappa shape index (κ3) is 7.25. The Morgan fingerprint density at radius 3 is 2.40 bits per heavy atom. The van der Waals surface area contributed by atoms with Crippen LogP contribution in [0.25, 0.3) is 11.0 Å². The van der Waals surface area contributed by atoms with E-state index in [4.69, 9.17) is 21.1 Å². The monoisotopic (exact) mass is 709 g/mol. The van der Waals surface area contributed by atoms with Crippen molar-refractivity contribution in [3.8, 4) is 12.1 Å². The summed E-state index contributed by atoms with van der Waals surface area (Å²) in [5, 5.41) is 21.6. The predicted octanol–water partition coefficient (Wildman–Crippen LogP) is 7.61. The first-order chi connectivity index (χ1) is 22.3.